The molecule has 24 heavy (non-hydrogen) atoms. The molecule has 1 saturated heterocycles. The molecule has 1 amide bonds. The number of carbonyl (C=O) groups is 1. The number of nitrogens with zero attached hydrogens (tertiary/aromatic N) is 3. The van der Waals surface area contributed by atoms with Gasteiger partial charge in [0.15, 0.2) is 0 Å². The van der Waals surface area contributed by atoms with E-state index in [4.69, 9.17) is 9.47 Å². The fourth-order valence-electron chi connectivity index (χ4n) is 2.56. The summed E-state index contributed by atoms with van der Waals surface area (Å²) in [6.07, 6.45) is 3.21. The fraction of sp³-hybridized carbons (Fsp3) is 0.389. The highest BCUT2D eigenvalue weighted by Gasteiger charge is 2.21. The quantitative estimate of drug-likeness (QED) is 0.863. The molecule has 0 N–H and O–H groups in total. The third kappa shape index (κ3) is 3.71. The monoisotopic (exact) mass is 327 g/mol. The highest BCUT2D eigenvalue weighted by atomic mass is 16.5. The Morgan fingerprint density at radius 1 is 1.21 bits per heavy atom. The molecule has 126 valence electrons. The number of hydrogen-bond donors (Lipinski definition) is 0. The Bertz CT molecular complexity index is 712. The predicted octanol–water partition coefficient (Wildman–Crippen LogP) is 2.40. The molecule has 2 aromatic rings. The van der Waals surface area contributed by atoms with Crippen LogP contribution in [0.15, 0.2) is 36.7 Å². The van der Waals surface area contributed by atoms with E-state index >= 15 is 0 Å². The van der Waals surface area contributed by atoms with Crippen LogP contribution in [-0.4, -0.2) is 53.2 Å². The van der Waals surface area contributed by atoms with Gasteiger partial charge in [0.05, 0.1) is 37.4 Å². The Morgan fingerprint density at radius 2 is 1.96 bits per heavy atom. The van der Waals surface area contributed by atoms with Gasteiger partial charge in [-0.25, -0.2) is 4.98 Å². The Kier molecular flexibility index (Phi) is 5.05. The lowest BCUT2D eigenvalue weighted by atomic mass is 10.1. The molecule has 0 radical (unpaired) electrons. The van der Waals surface area contributed by atoms with Crippen LogP contribution >= 0.6 is 0 Å². The lowest BCUT2D eigenvalue weighted by Crippen LogP contribution is -2.41. The van der Waals surface area contributed by atoms with E-state index in [0.29, 0.717) is 37.7 Å². The number of ether oxygens (including phenoxy) is 2. The maximum absolute atomic E-state index is 12.6. The summed E-state index contributed by atoms with van der Waals surface area (Å²) in [6.45, 7) is 6.23. The summed E-state index contributed by atoms with van der Waals surface area (Å²) < 4.78 is 11.1. The van der Waals surface area contributed by atoms with Crippen molar-refractivity contribution in [2.45, 2.75) is 20.0 Å². The van der Waals surface area contributed by atoms with Crippen LogP contribution in [0.2, 0.25) is 0 Å². The van der Waals surface area contributed by atoms with E-state index in [1.165, 1.54) is 6.20 Å². The first-order valence-corrected chi connectivity index (χ1v) is 8.10. The van der Waals surface area contributed by atoms with Crippen LogP contribution in [0.4, 0.5) is 0 Å². The average molecular weight is 327 g/mol. The molecular weight excluding hydrogens is 306 g/mol. The number of hydrogen-bond acceptors (Lipinski definition) is 5. The Labute approximate surface area is 141 Å². The highest BCUT2D eigenvalue weighted by molar-refractivity contribution is 5.92. The van der Waals surface area contributed by atoms with Gasteiger partial charge in [0, 0.05) is 18.7 Å². The minimum absolute atomic E-state index is 0.0530. The van der Waals surface area contributed by atoms with Gasteiger partial charge in [0.2, 0.25) is 0 Å². The van der Waals surface area contributed by atoms with E-state index < -0.39 is 0 Å². The molecule has 0 bridgehead atoms. The van der Waals surface area contributed by atoms with Crippen molar-refractivity contribution in [3.05, 3.63) is 42.4 Å². The van der Waals surface area contributed by atoms with E-state index in [1.807, 2.05) is 38.1 Å². The second-order valence-corrected chi connectivity index (χ2v) is 5.86. The molecule has 6 heteroatoms. The molecule has 3 rings (SSSR count). The maximum Gasteiger partial charge on any atom is 0.274 e. The molecule has 0 aliphatic carbocycles. The van der Waals surface area contributed by atoms with Crippen molar-refractivity contribution in [2.75, 3.05) is 26.3 Å². The smallest absolute Gasteiger partial charge is 0.274 e. The van der Waals surface area contributed by atoms with Crippen molar-refractivity contribution in [1.29, 1.82) is 0 Å². The summed E-state index contributed by atoms with van der Waals surface area (Å²) in [5.74, 6) is 0.618. The van der Waals surface area contributed by atoms with E-state index in [0.717, 1.165) is 11.3 Å². The third-order valence-corrected chi connectivity index (χ3v) is 3.68. The molecule has 0 atom stereocenters. The second-order valence-electron chi connectivity index (χ2n) is 5.86. The number of morpholine rings is 1. The molecule has 1 aliphatic rings. The van der Waals surface area contributed by atoms with Crippen LogP contribution in [0, 0.1) is 0 Å². The van der Waals surface area contributed by atoms with Gasteiger partial charge >= 0.3 is 0 Å². The number of para-hydroxylation sites is 1. The third-order valence-electron chi connectivity index (χ3n) is 3.68. The van der Waals surface area contributed by atoms with E-state index in [9.17, 15) is 4.79 Å². The minimum Gasteiger partial charge on any atom is -0.490 e. The molecule has 0 saturated carbocycles. The van der Waals surface area contributed by atoms with Crippen molar-refractivity contribution in [3.8, 4) is 17.0 Å². The van der Waals surface area contributed by atoms with Crippen LogP contribution in [0.5, 0.6) is 5.75 Å². The molecule has 1 aromatic carbocycles. The van der Waals surface area contributed by atoms with E-state index in [-0.39, 0.29) is 12.0 Å². The number of carbonyl (C=O) groups excluding carboxylic acids is 1. The van der Waals surface area contributed by atoms with Gasteiger partial charge in [0.1, 0.15) is 11.4 Å². The lowest BCUT2D eigenvalue weighted by molar-refractivity contribution is 0.0299. The SMILES string of the molecule is CC(C)Oc1ccccc1-c1cncc(C(=O)N2CCOCC2)n1. The van der Waals surface area contributed by atoms with Crippen LogP contribution in [0.1, 0.15) is 24.3 Å². The van der Waals surface area contributed by atoms with Crippen molar-refractivity contribution in [1.82, 2.24) is 14.9 Å². The number of amides is 1. The van der Waals surface area contributed by atoms with Crippen LogP contribution in [0.25, 0.3) is 11.3 Å². The first kappa shape index (κ1) is 16.4. The van der Waals surface area contributed by atoms with E-state index in [1.54, 1.807) is 11.1 Å². The summed E-state index contributed by atoms with van der Waals surface area (Å²) in [5.41, 5.74) is 1.80. The summed E-state index contributed by atoms with van der Waals surface area (Å²) in [4.78, 5) is 23.0. The van der Waals surface area contributed by atoms with Crippen molar-refractivity contribution >= 4 is 5.91 Å². The molecular formula is C18H21N3O3. The van der Waals surface area contributed by atoms with Crippen molar-refractivity contribution in [2.24, 2.45) is 0 Å². The molecule has 1 fully saturated rings. The van der Waals surface area contributed by atoms with Crippen LogP contribution < -0.4 is 4.74 Å². The summed E-state index contributed by atoms with van der Waals surface area (Å²) in [6, 6.07) is 7.65. The molecule has 6 nitrogen and oxygen atoms in total. The zero-order valence-electron chi connectivity index (χ0n) is 13.9. The zero-order chi connectivity index (χ0) is 16.9. The number of benzene rings is 1. The van der Waals surface area contributed by atoms with Gasteiger partial charge in [-0.15, -0.1) is 0 Å². The predicted molar refractivity (Wildman–Crippen MR) is 90.0 cm³/mol. The van der Waals surface area contributed by atoms with Gasteiger partial charge in [-0.05, 0) is 26.0 Å². The highest BCUT2D eigenvalue weighted by Crippen LogP contribution is 2.29. The Hall–Kier alpha value is -2.47. The van der Waals surface area contributed by atoms with Crippen molar-refractivity contribution < 1.29 is 14.3 Å². The lowest BCUT2D eigenvalue weighted by Gasteiger charge is -2.26. The van der Waals surface area contributed by atoms with Gasteiger partial charge in [-0.2, -0.15) is 0 Å². The largest absolute Gasteiger partial charge is 0.490 e. The minimum atomic E-state index is -0.116. The molecule has 2 heterocycles. The second kappa shape index (κ2) is 7.40. The fourth-order valence-corrected chi connectivity index (χ4v) is 2.56. The standard InChI is InChI=1S/C18H21N3O3/c1-13(2)24-17-6-4-3-5-14(17)15-11-19-12-16(20-15)18(22)21-7-9-23-10-8-21/h3-6,11-13H,7-10H2,1-2H3. The maximum atomic E-state index is 12.6. The summed E-state index contributed by atoms with van der Waals surface area (Å²) in [5, 5.41) is 0. The van der Waals surface area contributed by atoms with Crippen LogP contribution in [-0.2, 0) is 4.74 Å². The Balaban J connectivity index is 1.89. The summed E-state index contributed by atoms with van der Waals surface area (Å²) >= 11 is 0. The molecule has 0 unspecified atom stereocenters. The van der Waals surface area contributed by atoms with Crippen LogP contribution in [0.3, 0.4) is 0 Å². The first-order chi connectivity index (χ1) is 11.6. The average Bonchev–Trinajstić information content (AvgIpc) is 2.62. The van der Waals surface area contributed by atoms with E-state index in [2.05, 4.69) is 9.97 Å². The molecule has 1 aromatic heterocycles. The first-order valence-electron chi connectivity index (χ1n) is 8.10. The topological polar surface area (TPSA) is 64.5 Å². The Morgan fingerprint density at radius 3 is 2.71 bits per heavy atom. The number of rotatable bonds is 4. The van der Waals surface area contributed by atoms with Gasteiger partial charge in [0.25, 0.3) is 5.91 Å². The normalized spacial score (nSPS) is 14.7. The van der Waals surface area contributed by atoms with Gasteiger partial charge in [-0.1, -0.05) is 12.1 Å². The molecule has 0 spiro atoms. The van der Waals surface area contributed by atoms with Gasteiger partial charge < -0.3 is 14.4 Å². The zero-order valence-corrected chi connectivity index (χ0v) is 13.9. The van der Waals surface area contributed by atoms with Crippen molar-refractivity contribution in [3.63, 3.8) is 0 Å². The van der Waals surface area contributed by atoms with Gasteiger partial charge in [-0.3, -0.25) is 9.78 Å². The number of aromatic nitrogens is 2. The molecule has 1 aliphatic heterocycles. The summed E-state index contributed by atoms with van der Waals surface area (Å²) in [7, 11) is 0.